The van der Waals surface area contributed by atoms with Crippen LogP contribution in [0.1, 0.15) is 31.0 Å². The molecule has 9 rings (SSSR count). The summed E-state index contributed by atoms with van der Waals surface area (Å²) in [5.74, 6) is 0.455. The molecule has 265 valence electrons. The van der Waals surface area contributed by atoms with Gasteiger partial charge in [-0.3, -0.25) is 0 Å². The summed E-state index contributed by atoms with van der Waals surface area (Å²) in [5, 5.41) is 5.73. The van der Waals surface area contributed by atoms with Crippen molar-refractivity contribution in [2.75, 3.05) is 0 Å². The summed E-state index contributed by atoms with van der Waals surface area (Å²) < 4.78 is 12.4. The molecule has 0 bridgehead atoms. The molecule has 0 aliphatic heterocycles. The van der Waals surface area contributed by atoms with E-state index in [9.17, 15) is 0 Å². The molecule has 9 aromatic rings. The summed E-state index contributed by atoms with van der Waals surface area (Å²) in [6, 6.07) is 43.7. The van der Waals surface area contributed by atoms with Crippen molar-refractivity contribution in [1.82, 2.24) is 15.0 Å². The molecule has 0 unspecified atom stereocenters. The van der Waals surface area contributed by atoms with Crippen LogP contribution >= 0.6 is 0 Å². The minimum absolute atomic E-state index is 0. The molecule has 0 aliphatic carbocycles. The molecule has 1 radical (unpaired) electrons. The first-order valence-electron chi connectivity index (χ1n) is 17.7. The summed E-state index contributed by atoms with van der Waals surface area (Å²) in [6.07, 6.45) is 3.92. The van der Waals surface area contributed by atoms with Gasteiger partial charge in [0.1, 0.15) is 11.2 Å². The van der Waals surface area contributed by atoms with Gasteiger partial charge in [0.25, 0.3) is 0 Å². The Morgan fingerprint density at radius 3 is 2.25 bits per heavy atom. The molecule has 0 N–H and O–H groups in total. The Morgan fingerprint density at radius 2 is 1.45 bits per heavy atom. The fourth-order valence-electron chi connectivity index (χ4n) is 6.78. The first-order chi connectivity index (χ1) is 25.2. The Kier molecular flexibility index (Phi) is 10.0. The van der Waals surface area contributed by atoms with Gasteiger partial charge in [0, 0.05) is 59.9 Å². The average molecular weight is 886 g/mol. The third kappa shape index (κ3) is 7.00. The standard InChI is InChI=1S/C26H22NOSi.C20H17N2O.Ir/c1-29(2,3)25-17-27-23(18-10-5-4-6-11-18)16-22(25)21-14-9-13-20-19-12-7-8-15-24(19)28-26(20)21;1-12(2)14-9-10-21-18(11-14)17-6-4-5-15-16-8-7-13(3)22-20(16)23-19(15)17;/h4-10,12-17H,1-3H3;4-5,7-12H,1-3H3;/q2*-1;. The van der Waals surface area contributed by atoms with E-state index in [2.05, 4.69) is 122 Å². The van der Waals surface area contributed by atoms with E-state index in [4.69, 9.17) is 13.8 Å². The van der Waals surface area contributed by atoms with Crippen LogP contribution in [0.25, 0.3) is 77.6 Å². The van der Waals surface area contributed by atoms with Gasteiger partial charge in [-0.2, -0.15) is 0 Å². The number of aromatic nitrogens is 3. The second-order valence-corrected chi connectivity index (χ2v) is 19.6. The van der Waals surface area contributed by atoms with Gasteiger partial charge >= 0.3 is 0 Å². The summed E-state index contributed by atoms with van der Waals surface area (Å²) in [7, 11) is -1.63. The van der Waals surface area contributed by atoms with Crippen molar-refractivity contribution < 1.29 is 28.9 Å². The molecule has 0 saturated carbocycles. The van der Waals surface area contributed by atoms with Gasteiger partial charge in [-0.05, 0) is 59.2 Å². The predicted octanol–water partition coefficient (Wildman–Crippen LogP) is 11.9. The van der Waals surface area contributed by atoms with Crippen molar-refractivity contribution in [3.8, 4) is 33.6 Å². The quantitative estimate of drug-likeness (QED) is 0.127. The zero-order valence-corrected chi connectivity index (χ0v) is 34.0. The van der Waals surface area contributed by atoms with E-state index in [0.29, 0.717) is 11.6 Å². The number of hydrogen-bond acceptors (Lipinski definition) is 5. The van der Waals surface area contributed by atoms with Crippen molar-refractivity contribution in [3.05, 3.63) is 145 Å². The number of pyridine rings is 3. The van der Waals surface area contributed by atoms with Crippen LogP contribution in [0.5, 0.6) is 0 Å². The van der Waals surface area contributed by atoms with E-state index in [0.717, 1.165) is 72.1 Å². The van der Waals surface area contributed by atoms with Crippen LogP contribution in [0.3, 0.4) is 0 Å². The number of aryl methyl sites for hydroxylation is 1. The zero-order valence-electron chi connectivity index (χ0n) is 30.6. The Bertz CT molecular complexity index is 2730. The third-order valence-corrected chi connectivity index (χ3v) is 11.6. The largest absolute Gasteiger partial charge is 0.486 e. The maximum atomic E-state index is 6.34. The molecule has 0 saturated heterocycles. The van der Waals surface area contributed by atoms with E-state index < -0.39 is 8.07 Å². The van der Waals surface area contributed by atoms with Crippen molar-refractivity contribution in [1.29, 1.82) is 0 Å². The molecule has 0 atom stereocenters. The molecule has 0 spiro atoms. The molecule has 7 heteroatoms. The Labute approximate surface area is 324 Å². The van der Waals surface area contributed by atoms with Gasteiger partial charge in [0.05, 0.1) is 13.7 Å². The first kappa shape index (κ1) is 36.2. The molecule has 53 heavy (non-hydrogen) atoms. The van der Waals surface area contributed by atoms with Crippen LogP contribution in [-0.4, -0.2) is 23.0 Å². The van der Waals surface area contributed by atoms with Gasteiger partial charge in [0.2, 0.25) is 5.71 Å². The molecular formula is C46H39IrN3O2Si-2. The Morgan fingerprint density at radius 1 is 0.660 bits per heavy atom. The minimum atomic E-state index is -1.63. The number of benzene rings is 4. The van der Waals surface area contributed by atoms with Crippen LogP contribution in [-0.2, 0) is 20.1 Å². The topological polar surface area (TPSA) is 65.0 Å². The maximum absolute atomic E-state index is 6.34. The van der Waals surface area contributed by atoms with Crippen LogP contribution in [0, 0.1) is 19.1 Å². The van der Waals surface area contributed by atoms with Gasteiger partial charge in [-0.15, -0.1) is 54.1 Å². The number of rotatable bonds is 5. The van der Waals surface area contributed by atoms with Gasteiger partial charge in [-0.25, -0.2) is 4.98 Å². The first-order valence-corrected chi connectivity index (χ1v) is 21.2. The van der Waals surface area contributed by atoms with Crippen LogP contribution in [0.2, 0.25) is 19.6 Å². The Balaban J connectivity index is 0.000000165. The van der Waals surface area contributed by atoms with Crippen LogP contribution in [0.15, 0.2) is 130 Å². The van der Waals surface area contributed by atoms with E-state index in [1.54, 1.807) is 0 Å². The van der Waals surface area contributed by atoms with Gasteiger partial charge < -0.3 is 18.8 Å². The molecule has 4 aromatic carbocycles. The molecular weight excluding hydrogens is 847 g/mol. The van der Waals surface area contributed by atoms with E-state index in [-0.39, 0.29) is 20.1 Å². The Hall–Kier alpha value is -5.20. The van der Waals surface area contributed by atoms with Crippen molar-refractivity contribution in [2.24, 2.45) is 0 Å². The third-order valence-electron chi connectivity index (χ3n) is 9.54. The minimum Gasteiger partial charge on any atom is -0.486 e. The second kappa shape index (κ2) is 14.7. The number of fused-ring (bicyclic) bond motifs is 6. The van der Waals surface area contributed by atoms with Gasteiger partial charge in [-0.1, -0.05) is 98.5 Å². The summed E-state index contributed by atoms with van der Waals surface area (Å²) in [4.78, 5) is 13.8. The van der Waals surface area contributed by atoms with Crippen molar-refractivity contribution in [3.63, 3.8) is 0 Å². The maximum Gasteiger partial charge on any atom is 0.216 e. The summed E-state index contributed by atoms with van der Waals surface area (Å²) in [5.41, 5.74) is 11.6. The van der Waals surface area contributed by atoms with Crippen molar-refractivity contribution >= 4 is 57.3 Å². The van der Waals surface area contributed by atoms with Crippen LogP contribution < -0.4 is 5.19 Å². The molecule has 0 aliphatic rings. The van der Waals surface area contributed by atoms with E-state index in [1.165, 1.54) is 16.3 Å². The number of nitrogens with zero attached hydrogens (tertiary/aromatic N) is 3. The fraction of sp³-hybridized carbons (Fsp3) is 0.152. The van der Waals surface area contributed by atoms with E-state index >= 15 is 0 Å². The molecule has 5 nitrogen and oxygen atoms in total. The van der Waals surface area contributed by atoms with Gasteiger partial charge in [0.15, 0.2) is 0 Å². The monoisotopic (exact) mass is 886 g/mol. The molecule has 0 amide bonds. The summed E-state index contributed by atoms with van der Waals surface area (Å²) in [6.45, 7) is 13.4. The molecule has 0 fully saturated rings. The van der Waals surface area contributed by atoms with Crippen LogP contribution in [0.4, 0.5) is 0 Å². The molecule has 5 heterocycles. The second-order valence-electron chi connectivity index (χ2n) is 14.6. The normalized spacial score (nSPS) is 11.6. The molecule has 5 aromatic heterocycles. The fourth-order valence-corrected chi connectivity index (χ4v) is 8.25. The number of hydrogen-bond donors (Lipinski definition) is 0. The number of para-hydroxylation sites is 2. The van der Waals surface area contributed by atoms with E-state index in [1.807, 2.05) is 61.7 Å². The number of furan rings is 2. The predicted molar refractivity (Wildman–Crippen MR) is 217 cm³/mol. The summed E-state index contributed by atoms with van der Waals surface area (Å²) >= 11 is 0. The average Bonchev–Trinajstić information content (AvgIpc) is 3.73. The van der Waals surface area contributed by atoms with Crippen molar-refractivity contribution in [2.45, 2.75) is 46.3 Å². The zero-order chi connectivity index (χ0) is 36.0. The SMILES string of the molecule is C[Si](C)(C)c1cnc(-c2[c-]cccc2)cc1-c1cccc2c1oc1ccccc12.Cc1ccc2c(n1)oc1c(-c3cc(C(C)C)ccn3)[c-]ccc12.[Ir]. The smallest absolute Gasteiger partial charge is 0.216 e.